The summed E-state index contributed by atoms with van der Waals surface area (Å²) in [7, 11) is 3.80. The van der Waals surface area contributed by atoms with E-state index in [1.165, 1.54) is 0 Å². The molecule has 1 heterocycles. The van der Waals surface area contributed by atoms with Crippen LogP contribution in [0.15, 0.2) is 42.6 Å². The number of nitrogens with one attached hydrogen (secondary N) is 1. The Hall–Kier alpha value is -2.40. The summed E-state index contributed by atoms with van der Waals surface area (Å²) in [5.41, 5.74) is 1.59. The van der Waals surface area contributed by atoms with Gasteiger partial charge in [-0.2, -0.15) is 0 Å². The molecule has 1 atom stereocenters. The molecule has 0 saturated carbocycles. The number of aliphatic hydroxyl groups is 1. The first-order valence-corrected chi connectivity index (χ1v) is 8.22. The maximum Gasteiger partial charge on any atom is 0.252 e. The highest BCUT2D eigenvalue weighted by atomic mass is 16.3. The summed E-state index contributed by atoms with van der Waals surface area (Å²) in [4.78, 5) is 18.5. The van der Waals surface area contributed by atoms with Crippen LogP contribution in [0.1, 0.15) is 34.3 Å². The fourth-order valence-corrected chi connectivity index (χ4v) is 3.20. The van der Waals surface area contributed by atoms with Gasteiger partial charge < -0.3 is 15.3 Å². The summed E-state index contributed by atoms with van der Waals surface area (Å²) in [5.74, 6) is 0.579. The molecule has 1 aliphatic rings. The lowest BCUT2D eigenvalue weighted by Crippen LogP contribution is -2.43. The Labute approximate surface area is 142 Å². The third kappa shape index (κ3) is 3.26. The third-order valence-corrected chi connectivity index (χ3v) is 4.56. The van der Waals surface area contributed by atoms with Crippen LogP contribution in [0.4, 0.5) is 5.82 Å². The molecule has 0 fully saturated rings. The fourth-order valence-electron chi connectivity index (χ4n) is 3.20. The molecule has 24 heavy (non-hydrogen) atoms. The standard InChI is InChI=1S/C19H23N3O2/c1-22(2)17-10-9-15(12-20-17)18(23)21-13-19(24)11-5-7-14-6-3-4-8-16(14)19/h3-4,6,8-10,12,24H,5,7,11,13H2,1-2H3,(H,21,23). The van der Waals surface area contributed by atoms with E-state index in [0.717, 1.165) is 29.8 Å². The number of carbonyl (C=O) groups excluding carboxylic acids is 1. The Balaban J connectivity index is 1.70. The Morgan fingerprint density at radius 2 is 2.08 bits per heavy atom. The Bertz CT molecular complexity index is 728. The van der Waals surface area contributed by atoms with Gasteiger partial charge in [-0.1, -0.05) is 24.3 Å². The number of amides is 1. The molecule has 1 aliphatic carbocycles. The summed E-state index contributed by atoms with van der Waals surface area (Å²) in [6.45, 7) is 0.207. The quantitative estimate of drug-likeness (QED) is 0.903. The first-order valence-electron chi connectivity index (χ1n) is 8.22. The van der Waals surface area contributed by atoms with Crippen LogP contribution in [0.3, 0.4) is 0 Å². The van der Waals surface area contributed by atoms with Gasteiger partial charge in [0.1, 0.15) is 11.4 Å². The van der Waals surface area contributed by atoms with E-state index in [0.29, 0.717) is 12.0 Å². The molecule has 0 saturated heterocycles. The minimum atomic E-state index is -0.999. The third-order valence-electron chi connectivity index (χ3n) is 4.56. The molecule has 1 aromatic carbocycles. The monoisotopic (exact) mass is 325 g/mol. The van der Waals surface area contributed by atoms with Gasteiger partial charge in [-0.25, -0.2) is 4.98 Å². The van der Waals surface area contributed by atoms with Gasteiger partial charge in [0.25, 0.3) is 5.91 Å². The van der Waals surface area contributed by atoms with Gasteiger partial charge in [-0.05, 0) is 42.5 Å². The van der Waals surface area contributed by atoms with Crippen LogP contribution in [0.2, 0.25) is 0 Å². The van der Waals surface area contributed by atoms with Crippen LogP contribution in [0.5, 0.6) is 0 Å². The highest BCUT2D eigenvalue weighted by molar-refractivity contribution is 5.94. The minimum absolute atomic E-state index is 0.207. The maximum absolute atomic E-state index is 12.3. The summed E-state index contributed by atoms with van der Waals surface area (Å²) >= 11 is 0. The van der Waals surface area contributed by atoms with Gasteiger partial charge in [0, 0.05) is 20.3 Å². The molecule has 1 unspecified atom stereocenters. The topological polar surface area (TPSA) is 65.5 Å². The van der Waals surface area contributed by atoms with Crippen LogP contribution < -0.4 is 10.2 Å². The first kappa shape index (κ1) is 16.5. The molecule has 0 bridgehead atoms. The number of fused-ring (bicyclic) bond motifs is 1. The summed E-state index contributed by atoms with van der Waals surface area (Å²) < 4.78 is 0. The van der Waals surface area contributed by atoms with Gasteiger partial charge in [-0.3, -0.25) is 4.79 Å². The van der Waals surface area contributed by atoms with E-state index in [1.54, 1.807) is 18.3 Å². The zero-order valence-corrected chi connectivity index (χ0v) is 14.1. The maximum atomic E-state index is 12.3. The number of hydrogen-bond acceptors (Lipinski definition) is 4. The second-order valence-corrected chi connectivity index (χ2v) is 6.52. The number of aromatic nitrogens is 1. The highest BCUT2D eigenvalue weighted by Crippen LogP contribution is 2.34. The van der Waals surface area contributed by atoms with Crippen molar-refractivity contribution in [2.24, 2.45) is 0 Å². The molecule has 5 nitrogen and oxygen atoms in total. The van der Waals surface area contributed by atoms with Crippen molar-refractivity contribution in [2.45, 2.75) is 24.9 Å². The Morgan fingerprint density at radius 1 is 1.29 bits per heavy atom. The van der Waals surface area contributed by atoms with Gasteiger partial charge in [0.15, 0.2) is 0 Å². The number of anilines is 1. The summed E-state index contributed by atoms with van der Waals surface area (Å²) in [6, 6.07) is 11.5. The zero-order chi connectivity index (χ0) is 17.2. The van der Waals surface area contributed by atoms with E-state index < -0.39 is 5.60 Å². The number of benzene rings is 1. The van der Waals surface area contributed by atoms with Gasteiger partial charge in [-0.15, -0.1) is 0 Å². The van der Waals surface area contributed by atoms with E-state index in [2.05, 4.69) is 10.3 Å². The highest BCUT2D eigenvalue weighted by Gasteiger charge is 2.34. The molecule has 0 spiro atoms. The van der Waals surface area contributed by atoms with Crippen LogP contribution in [-0.2, 0) is 12.0 Å². The molecular weight excluding hydrogens is 302 g/mol. The average Bonchev–Trinajstić information content (AvgIpc) is 2.60. The van der Waals surface area contributed by atoms with Crippen molar-refractivity contribution < 1.29 is 9.90 Å². The predicted molar refractivity (Wildman–Crippen MR) is 94.2 cm³/mol. The van der Waals surface area contributed by atoms with Crippen LogP contribution in [0, 0.1) is 0 Å². The van der Waals surface area contributed by atoms with Gasteiger partial charge in [0.05, 0.1) is 12.1 Å². The van der Waals surface area contributed by atoms with Crippen molar-refractivity contribution in [3.8, 4) is 0 Å². The fraction of sp³-hybridized carbons (Fsp3) is 0.368. The number of aryl methyl sites for hydroxylation is 1. The molecule has 1 amide bonds. The Morgan fingerprint density at radius 3 is 2.79 bits per heavy atom. The van der Waals surface area contributed by atoms with E-state index in [9.17, 15) is 9.90 Å². The van der Waals surface area contributed by atoms with Crippen LogP contribution >= 0.6 is 0 Å². The molecule has 1 aromatic heterocycles. The number of hydrogen-bond donors (Lipinski definition) is 2. The first-order chi connectivity index (χ1) is 11.5. The average molecular weight is 325 g/mol. The van der Waals surface area contributed by atoms with Crippen molar-refractivity contribution in [1.29, 1.82) is 0 Å². The second-order valence-electron chi connectivity index (χ2n) is 6.52. The zero-order valence-electron chi connectivity index (χ0n) is 14.1. The Kier molecular flexibility index (Phi) is 4.53. The number of nitrogens with zero attached hydrogens (tertiary/aromatic N) is 2. The van der Waals surface area contributed by atoms with Crippen LogP contribution in [-0.4, -0.2) is 36.6 Å². The SMILES string of the molecule is CN(C)c1ccc(C(=O)NCC2(O)CCCc3ccccc32)cn1. The van der Waals surface area contributed by atoms with Crippen LogP contribution in [0.25, 0.3) is 0 Å². The number of carbonyl (C=O) groups is 1. The number of pyridine rings is 1. The molecule has 0 aliphatic heterocycles. The van der Waals surface area contributed by atoms with Gasteiger partial charge >= 0.3 is 0 Å². The lowest BCUT2D eigenvalue weighted by atomic mass is 9.79. The molecule has 2 N–H and O–H groups in total. The molecule has 3 rings (SSSR count). The molecule has 126 valence electrons. The van der Waals surface area contributed by atoms with Crippen molar-refractivity contribution >= 4 is 11.7 Å². The summed E-state index contributed by atoms with van der Waals surface area (Å²) in [6.07, 6.45) is 4.11. The van der Waals surface area contributed by atoms with E-state index >= 15 is 0 Å². The van der Waals surface area contributed by atoms with Gasteiger partial charge in [0.2, 0.25) is 0 Å². The molecule has 5 heteroatoms. The molecular formula is C19H23N3O2. The minimum Gasteiger partial charge on any atom is -0.383 e. The largest absolute Gasteiger partial charge is 0.383 e. The lowest BCUT2D eigenvalue weighted by Gasteiger charge is -2.34. The van der Waals surface area contributed by atoms with Crippen molar-refractivity contribution in [2.75, 3.05) is 25.5 Å². The second kappa shape index (κ2) is 6.61. The predicted octanol–water partition coefficient (Wildman–Crippen LogP) is 2.10. The normalized spacial score (nSPS) is 19.5. The van der Waals surface area contributed by atoms with Crippen molar-refractivity contribution in [3.63, 3.8) is 0 Å². The summed E-state index contributed by atoms with van der Waals surface area (Å²) in [5, 5.41) is 13.9. The molecule has 0 radical (unpaired) electrons. The smallest absolute Gasteiger partial charge is 0.252 e. The van der Waals surface area contributed by atoms with Crippen molar-refractivity contribution in [3.05, 3.63) is 59.3 Å². The van der Waals surface area contributed by atoms with E-state index in [1.807, 2.05) is 43.3 Å². The number of rotatable bonds is 4. The molecule has 2 aromatic rings. The van der Waals surface area contributed by atoms with E-state index in [-0.39, 0.29) is 12.5 Å². The van der Waals surface area contributed by atoms with E-state index in [4.69, 9.17) is 0 Å². The van der Waals surface area contributed by atoms with Crippen molar-refractivity contribution in [1.82, 2.24) is 10.3 Å². The lowest BCUT2D eigenvalue weighted by molar-refractivity contribution is 0.0189.